The molecule has 0 rings (SSSR count). The molecule has 0 aliphatic rings. The van der Waals surface area contributed by atoms with Gasteiger partial charge in [-0.05, 0) is 6.42 Å². The first-order valence-corrected chi connectivity index (χ1v) is 8.47. The van der Waals surface area contributed by atoms with Gasteiger partial charge in [-0.2, -0.15) is 0 Å². The van der Waals surface area contributed by atoms with Crippen LogP contribution in [0.3, 0.4) is 0 Å². The van der Waals surface area contributed by atoms with Gasteiger partial charge in [-0.25, -0.2) is 0 Å². The number of guanidine groups is 1. The molecule has 5 nitrogen and oxygen atoms in total. The summed E-state index contributed by atoms with van der Waals surface area (Å²) in [6.07, 6.45) is 11.5. The summed E-state index contributed by atoms with van der Waals surface area (Å²) in [5, 5.41) is 15.7. The summed E-state index contributed by atoms with van der Waals surface area (Å²) in [7, 11) is 7.40. The summed E-state index contributed by atoms with van der Waals surface area (Å²) in [5.74, 6) is -0.141. The molecular weight excluding hydrogens is 278 g/mol. The fourth-order valence-electron chi connectivity index (χ4n) is 1.99. The number of hydrogen-bond donors (Lipinski definition) is 2. The summed E-state index contributed by atoms with van der Waals surface area (Å²) in [6, 6.07) is 0. The largest absolute Gasteiger partial charge is 0.481 e. The van der Waals surface area contributed by atoms with E-state index in [1.165, 1.54) is 44.9 Å². The first kappa shape index (κ1) is 23.0. The van der Waals surface area contributed by atoms with Crippen LogP contribution in [0.4, 0.5) is 0 Å². The molecule has 0 bridgehead atoms. The lowest BCUT2D eigenvalue weighted by Crippen LogP contribution is -2.34. The Hall–Kier alpha value is -1.26. The first-order chi connectivity index (χ1) is 10.3. The molecule has 0 amide bonds. The van der Waals surface area contributed by atoms with Crippen LogP contribution in [0.25, 0.3) is 0 Å². The summed E-state index contributed by atoms with van der Waals surface area (Å²) in [4.78, 5) is 13.7. The molecule has 0 fully saturated rings. The minimum absolute atomic E-state index is 0.343. The topological polar surface area (TPSA) is 67.6 Å². The Kier molecular flexibility index (Phi) is 16.9. The summed E-state index contributed by atoms with van der Waals surface area (Å²) >= 11 is 0. The number of hydrogen-bond acceptors (Lipinski definition) is 2. The van der Waals surface area contributed by atoms with Crippen molar-refractivity contribution in [2.75, 3.05) is 28.2 Å². The van der Waals surface area contributed by atoms with E-state index in [2.05, 4.69) is 6.92 Å². The second-order valence-corrected chi connectivity index (χ2v) is 6.08. The molecule has 2 N–H and O–H groups in total. The van der Waals surface area contributed by atoms with Gasteiger partial charge in [-0.3, -0.25) is 10.2 Å². The molecule has 0 aromatic rings. The van der Waals surface area contributed by atoms with Crippen LogP contribution in [0.2, 0.25) is 0 Å². The highest BCUT2D eigenvalue weighted by molar-refractivity contribution is 5.75. The lowest BCUT2D eigenvalue weighted by molar-refractivity contribution is -0.137. The maximum Gasteiger partial charge on any atom is 0.303 e. The fraction of sp³-hybridized carbons (Fsp3) is 0.882. The van der Waals surface area contributed by atoms with E-state index in [9.17, 15) is 4.79 Å². The van der Waals surface area contributed by atoms with Crippen LogP contribution in [0.15, 0.2) is 0 Å². The first-order valence-electron chi connectivity index (χ1n) is 8.47. The van der Waals surface area contributed by atoms with Gasteiger partial charge in [0.15, 0.2) is 5.96 Å². The van der Waals surface area contributed by atoms with Crippen LogP contribution in [0.1, 0.15) is 71.1 Å². The van der Waals surface area contributed by atoms with Gasteiger partial charge < -0.3 is 14.9 Å². The predicted octanol–water partition coefficient (Wildman–Crippen LogP) is 4.04. The zero-order chi connectivity index (χ0) is 17.4. The van der Waals surface area contributed by atoms with E-state index in [0.717, 1.165) is 12.8 Å². The fourth-order valence-corrected chi connectivity index (χ4v) is 1.99. The molecule has 0 unspecified atom stereocenters. The van der Waals surface area contributed by atoms with Gasteiger partial charge in [0.1, 0.15) is 0 Å². The van der Waals surface area contributed by atoms with E-state index in [0.29, 0.717) is 12.4 Å². The van der Waals surface area contributed by atoms with Crippen LogP contribution in [-0.4, -0.2) is 55.0 Å². The number of aliphatic carboxylic acids is 1. The number of carbonyl (C=O) groups is 1. The summed E-state index contributed by atoms with van der Waals surface area (Å²) in [5.41, 5.74) is 0. The number of nitrogens with zero attached hydrogens (tertiary/aromatic N) is 2. The molecule has 0 saturated heterocycles. The van der Waals surface area contributed by atoms with Gasteiger partial charge in [-0.1, -0.05) is 58.3 Å². The molecular formula is C17H37N3O2. The van der Waals surface area contributed by atoms with Crippen molar-refractivity contribution in [3.05, 3.63) is 0 Å². The molecule has 0 saturated carbocycles. The third-order valence-corrected chi connectivity index (χ3v) is 3.34. The van der Waals surface area contributed by atoms with Crippen LogP contribution in [0, 0.1) is 5.41 Å². The van der Waals surface area contributed by atoms with Crippen molar-refractivity contribution in [1.82, 2.24) is 9.80 Å². The number of unbranched alkanes of at least 4 members (excludes halogenated alkanes) is 8. The van der Waals surface area contributed by atoms with Crippen molar-refractivity contribution >= 4 is 11.9 Å². The third-order valence-electron chi connectivity index (χ3n) is 3.34. The molecule has 132 valence electrons. The minimum atomic E-state index is -0.659. The van der Waals surface area contributed by atoms with Crippen molar-refractivity contribution in [2.45, 2.75) is 71.1 Å². The Labute approximate surface area is 137 Å². The number of carboxylic acids is 1. The van der Waals surface area contributed by atoms with Crippen LogP contribution < -0.4 is 0 Å². The molecule has 0 aromatic heterocycles. The Bertz CT molecular complexity index is 269. The number of rotatable bonds is 10. The second kappa shape index (κ2) is 16.1. The van der Waals surface area contributed by atoms with Crippen molar-refractivity contribution in [3.8, 4) is 0 Å². The van der Waals surface area contributed by atoms with E-state index in [4.69, 9.17) is 10.5 Å². The number of carboxylic acid groups (broad SMARTS) is 1. The standard InChI is InChI=1S/C12H24O2.C5H13N3/c1-2-3-4-5-6-7-8-9-10-11-12(13)14;1-7(2)5(6)8(3)4/h2-11H2,1H3,(H,13,14);6H,1-4H3. The van der Waals surface area contributed by atoms with Gasteiger partial charge in [0.2, 0.25) is 0 Å². The molecule has 0 radical (unpaired) electrons. The van der Waals surface area contributed by atoms with E-state index in [-0.39, 0.29) is 0 Å². The lowest BCUT2D eigenvalue weighted by Gasteiger charge is -2.19. The maximum absolute atomic E-state index is 10.2. The predicted molar refractivity (Wildman–Crippen MR) is 94.6 cm³/mol. The van der Waals surface area contributed by atoms with Crippen molar-refractivity contribution in [1.29, 1.82) is 5.41 Å². The van der Waals surface area contributed by atoms with Crippen molar-refractivity contribution < 1.29 is 9.90 Å². The second-order valence-electron chi connectivity index (χ2n) is 6.08. The molecule has 0 aromatic carbocycles. The third kappa shape index (κ3) is 18.7. The Morgan fingerprint density at radius 1 is 0.818 bits per heavy atom. The molecule has 5 heteroatoms. The molecule has 0 atom stereocenters. The van der Waals surface area contributed by atoms with Gasteiger partial charge in [-0.15, -0.1) is 0 Å². The average molecular weight is 316 g/mol. The Balaban J connectivity index is 0. The summed E-state index contributed by atoms with van der Waals surface area (Å²) < 4.78 is 0. The van der Waals surface area contributed by atoms with Gasteiger partial charge in [0, 0.05) is 34.6 Å². The quantitative estimate of drug-likeness (QED) is 0.363. The monoisotopic (exact) mass is 315 g/mol. The van der Waals surface area contributed by atoms with Crippen molar-refractivity contribution in [2.24, 2.45) is 0 Å². The lowest BCUT2D eigenvalue weighted by atomic mass is 10.1. The molecule has 0 heterocycles. The van der Waals surface area contributed by atoms with Gasteiger partial charge in [0.25, 0.3) is 0 Å². The average Bonchev–Trinajstić information content (AvgIpc) is 2.44. The zero-order valence-electron chi connectivity index (χ0n) is 15.3. The van der Waals surface area contributed by atoms with Gasteiger partial charge >= 0.3 is 5.97 Å². The molecule has 0 aliphatic carbocycles. The van der Waals surface area contributed by atoms with Crippen LogP contribution in [-0.2, 0) is 4.79 Å². The van der Waals surface area contributed by atoms with Crippen LogP contribution >= 0.6 is 0 Å². The van der Waals surface area contributed by atoms with Gasteiger partial charge in [0.05, 0.1) is 0 Å². The Morgan fingerprint density at radius 3 is 1.45 bits per heavy atom. The summed E-state index contributed by atoms with van der Waals surface area (Å²) in [6.45, 7) is 2.23. The highest BCUT2D eigenvalue weighted by Gasteiger charge is 1.97. The molecule has 0 aliphatic heterocycles. The van der Waals surface area contributed by atoms with E-state index < -0.39 is 5.97 Å². The minimum Gasteiger partial charge on any atom is -0.481 e. The highest BCUT2D eigenvalue weighted by atomic mass is 16.4. The maximum atomic E-state index is 10.2. The van der Waals surface area contributed by atoms with Crippen molar-refractivity contribution in [3.63, 3.8) is 0 Å². The van der Waals surface area contributed by atoms with E-state index in [1.54, 1.807) is 9.80 Å². The Morgan fingerprint density at radius 2 is 1.18 bits per heavy atom. The number of nitrogens with one attached hydrogen (secondary N) is 1. The molecule has 0 spiro atoms. The molecule has 22 heavy (non-hydrogen) atoms. The van der Waals surface area contributed by atoms with E-state index >= 15 is 0 Å². The van der Waals surface area contributed by atoms with Crippen LogP contribution in [0.5, 0.6) is 0 Å². The smallest absolute Gasteiger partial charge is 0.303 e. The van der Waals surface area contributed by atoms with E-state index in [1.807, 2.05) is 28.2 Å². The SMILES string of the molecule is CCCCCCCCCCCC(=O)O.CN(C)C(=N)N(C)C. The normalized spacial score (nSPS) is 9.68. The zero-order valence-corrected chi connectivity index (χ0v) is 15.3. The highest BCUT2D eigenvalue weighted by Crippen LogP contribution is 2.10.